The van der Waals surface area contributed by atoms with E-state index in [9.17, 15) is 22.8 Å². The first kappa shape index (κ1) is 21.9. The molecule has 0 aromatic heterocycles. The van der Waals surface area contributed by atoms with Gasteiger partial charge < -0.3 is 15.4 Å². The summed E-state index contributed by atoms with van der Waals surface area (Å²) in [5, 5.41) is 5.25. The highest BCUT2D eigenvalue weighted by Gasteiger charge is 2.30. The quantitative estimate of drug-likeness (QED) is 0.580. The van der Waals surface area contributed by atoms with Crippen LogP contribution in [-0.4, -0.2) is 56.4 Å². The van der Waals surface area contributed by atoms with Crippen LogP contribution in [0, 0.1) is 6.92 Å². The maximum atomic E-state index is 12.5. The summed E-state index contributed by atoms with van der Waals surface area (Å²) in [5.41, 5.74) is 1.21. The molecule has 0 aliphatic heterocycles. The monoisotopic (exact) mass is 410 g/mol. The second kappa shape index (κ2) is 9.18. The summed E-state index contributed by atoms with van der Waals surface area (Å²) in [6, 6.07) is 5.71. The number of aryl methyl sites for hydroxylation is 1. The Morgan fingerprint density at radius 1 is 1.25 bits per heavy atom. The molecule has 1 aromatic rings. The summed E-state index contributed by atoms with van der Waals surface area (Å²) < 4.78 is 28.1. The van der Waals surface area contributed by atoms with Crippen molar-refractivity contribution in [1.29, 1.82) is 0 Å². The number of carbonyl (C=O) groups is 3. The van der Waals surface area contributed by atoms with Gasteiger partial charge in [0.25, 0.3) is 11.8 Å². The van der Waals surface area contributed by atoms with Gasteiger partial charge in [-0.3, -0.25) is 9.59 Å². The van der Waals surface area contributed by atoms with Gasteiger partial charge in [-0.15, -0.1) is 0 Å². The number of hydrogen-bond donors (Lipinski definition) is 2. The lowest BCUT2D eigenvalue weighted by Gasteiger charge is -2.20. The van der Waals surface area contributed by atoms with Crippen LogP contribution in [0.2, 0.25) is 0 Å². The van der Waals surface area contributed by atoms with Crippen LogP contribution in [0.25, 0.3) is 0 Å². The zero-order valence-electron chi connectivity index (χ0n) is 16.2. The number of benzene rings is 1. The third-order valence-corrected chi connectivity index (χ3v) is 5.21. The molecule has 1 aliphatic rings. The molecule has 0 bridgehead atoms. The molecule has 0 saturated heterocycles. The normalized spacial score (nSPS) is 16.0. The van der Waals surface area contributed by atoms with Crippen LogP contribution >= 0.6 is 0 Å². The Labute approximate surface area is 164 Å². The fourth-order valence-corrected chi connectivity index (χ4v) is 3.13. The maximum absolute atomic E-state index is 12.5. The molecular weight excluding hydrogens is 384 g/mol. The fraction of sp³-hybridized carbons (Fsp3) is 0.526. The SMILES string of the molecule is Cc1cccc(C(=O)N[C@@H](CCS(C)(=O)=O)C(=O)O[C@@H](C)C(=O)NC2CC2)c1. The summed E-state index contributed by atoms with van der Waals surface area (Å²) >= 11 is 0. The molecule has 1 aliphatic carbocycles. The van der Waals surface area contributed by atoms with Crippen molar-refractivity contribution in [3.8, 4) is 0 Å². The molecule has 0 radical (unpaired) electrons. The van der Waals surface area contributed by atoms with Crippen molar-refractivity contribution in [2.24, 2.45) is 0 Å². The first-order valence-corrected chi connectivity index (χ1v) is 11.2. The molecule has 2 atom stereocenters. The molecule has 0 heterocycles. The van der Waals surface area contributed by atoms with E-state index in [0.29, 0.717) is 5.56 Å². The Balaban J connectivity index is 2.05. The summed E-state index contributed by atoms with van der Waals surface area (Å²) in [4.78, 5) is 36.9. The number of ether oxygens (including phenoxy) is 1. The zero-order chi connectivity index (χ0) is 20.9. The van der Waals surface area contributed by atoms with Crippen LogP contribution in [0.3, 0.4) is 0 Å². The molecule has 1 saturated carbocycles. The van der Waals surface area contributed by atoms with Crippen molar-refractivity contribution in [1.82, 2.24) is 10.6 Å². The largest absolute Gasteiger partial charge is 0.451 e. The molecule has 2 rings (SSSR count). The molecular formula is C19H26N2O6S. The van der Waals surface area contributed by atoms with Gasteiger partial charge in [0.2, 0.25) is 0 Å². The molecule has 28 heavy (non-hydrogen) atoms. The van der Waals surface area contributed by atoms with Gasteiger partial charge in [0, 0.05) is 17.9 Å². The lowest BCUT2D eigenvalue weighted by molar-refractivity contribution is -0.156. The van der Waals surface area contributed by atoms with E-state index >= 15 is 0 Å². The van der Waals surface area contributed by atoms with Crippen LogP contribution in [0.5, 0.6) is 0 Å². The van der Waals surface area contributed by atoms with Gasteiger partial charge >= 0.3 is 5.97 Å². The second-order valence-electron chi connectivity index (χ2n) is 7.18. The van der Waals surface area contributed by atoms with E-state index in [1.54, 1.807) is 18.2 Å². The van der Waals surface area contributed by atoms with Crippen LogP contribution in [0.4, 0.5) is 0 Å². The van der Waals surface area contributed by atoms with E-state index in [1.165, 1.54) is 6.92 Å². The highest BCUT2D eigenvalue weighted by atomic mass is 32.2. The highest BCUT2D eigenvalue weighted by molar-refractivity contribution is 7.90. The van der Waals surface area contributed by atoms with Crippen LogP contribution in [0.1, 0.15) is 42.1 Å². The lowest BCUT2D eigenvalue weighted by Crippen LogP contribution is -2.46. The number of carbonyl (C=O) groups excluding carboxylic acids is 3. The number of sulfone groups is 1. The number of esters is 1. The fourth-order valence-electron chi connectivity index (χ4n) is 2.46. The van der Waals surface area contributed by atoms with Crippen molar-refractivity contribution in [2.75, 3.05) is 12.0 Å². The van der Waals surface area contributed by atoms with E-state index in [4.69, 9.17) is 4.74 Å². The van der Waals surface area contributed by atoms with E-state index in [1.807, 2.05) is 13.0 Å². The highest BCUT2D eigenvalue weighted by Crippen LogP contribution is 2.19. The van der Waals surface area contributed by atoms with Gasteiger partial charge in [0.05, 0.1) is 5.75 Å². The number of nitrogens with one attached hydrogen (secondary N) is 2. The zero-order valence-corrected chi connectivity index (χ0v) is 17.0. The van der Waals surface area contributed by atoms with Gasteiger partial charge in [-0.05, 0) is 45.2 Å². The van der Waals surface area contributed by atoms with Crippen molar-refractivity contribution in [2.45, 2.75) is 51.3 Å². The number of rotatable bonds is 9. The molecule has 1 fully saturated rings. The summed E-state index contributed by atoms with van der Waals surface area (Å²) in [6.07, 6.45) is 1.66. The van der Waals surface area contributed by atoms with Gasteiger partial charge in [-0.2, -0.15) is 0 Å². The van der Waals surface area contributed by atoms with E-state index < -0.39 is 39.8 Å². The van der Waals surface area contributed by atoms with Crippen molar-refractivity contribution < 1.29 is 27.5 Å². The Morgan fingerprint density at radius 3 is 2.50 bits per heavy atom. The Hall–Kier alpha value is -2.42. The third-order valence-electron chi connectivity index (χ3n) is 4.23. The van der Waals surface area contributed by atoms with Crippen molar-refractivity contribution in [3.63, 3.8) is 0 Å². The van der Waals surface area contributed by atoms with Gasteiger partial charge in [0.1, 0.15) is 15.9 Å². The molecule has 2 amide bonds. The van der Waals surface area contributed by atoms with Gasteiger partial charge in [0.15, 0.2) is 6.10 Å². The smallest absolute Gasteiger partial charge is 0.329 e. The average molecular weight is 410 g/mol. The minimum Gasteiger partial charge on any atom is -0.451 e. The lowest BCUT2D eigenvalue weighted by atomic mass is 10.1. The van der Waals surface area contributed by atoms with Gasteiger partial charge in [-0.1, -0.05) is 17.7 Å². The molecule has 8 nitrogen and oxygen atoms in total. The van der Waals surface area contributed by atoms with Gasteiger partial charge in [-0.25, -0.2) is 13.2 Å². The predicted molar refractivity (Wildman–Crippen MR) is 103 cm³/mol. The minimum absolute atomic E-state index is 0.121. The van der Waals surface area contributed by atoms with Crippen molar-refractivity contribution in [3.05, 3.63) is 35.4 Å². The first-order valence-electron chi connectivity index (χ1n) is 9.11. The summed E-state index contributed by atoms with van der Waals surface area (Å²) in [5.74, 6) is -2.08. The number of hydrogen-bond acceptors (Lipinski definition) is 6. The van der Waals surface area contributed by atoms with E-state index in [-0.39, 0.29) is 18.2 Å². The molecule has 2 N–H and O–H groups in total. The van der Waals surface area contributed by atoms with E-state index in [0.717, 1.165) is 24.7 Å². The van der Waals surface area contributed by atoms with Crippen LogP contribution in [0.15, 0.2) is 24.3 Å². The first-order chi connectivity index (χ1) is 13.0. The topological polar surface area (TPSA) is 119 Å². The number of amides is 2. The average Bonchev–Trinajstić information content (AvgIpc) is 3.41. The second-order valence-corrected chi connectivity index (χ2v) is 9.44. The van der Waals surface area contributed by atoms with Crippen LogP contribution < -0.4 is 10.6 Å². The van der Waals surface area contributed by atoms with Crippen molar-refractivity contribution >= 4 is 27.6 Å². The Kier molecular flexibility index (Phi) is 7.17. The standard InChI is InChI=1S/C19H26N2O6S/c1-12-5-4-6-14(11-12)18(23)21-16(9-10-28(3,25)26)19(24)27-13(2)17(22)20-15-7-8-15/h4-6,11,13,15-16H,7-10H2,1-3H3,(H,20,22)(H,21,23)/t13-,16-/m0/s1. The molecule has 0 spiro atoms. The maximum Gasteiger partial charge on any atom is 0.329 e. The van der Waals surface area contributed by atoms with Crippen LogP contribution in [-0.2, 0) is 24.2 Å². The Bertz CT molecular complexity index is 848. The predicted octanol–water partition coefficient (Wildman–Crippen LogP) is 0.738. The molecule has 1 aromatic carbocycles. The molecule has 154 valence electrons. The summed E-state index contributed by atoms with van der Waals surface area (Å²) in [7, 11) is -3.35. The molecule has 9 heteroatoms. The minimum atomic E-state index is -3.35. The molecule has 0 unspecified atom stereocenters. The van der Waals surface area contributed by atoms with E-state index in [2.05, 4.69) is 10.6 Å². The summed E-state index contributed by atoms with van der Waals surface area (Å²) in [6.45, 7) is 3.26. The Morgan fingerprint density at radius 2 is 1.93 bits per heavy atom. The third kappa shape index (κ3) is 7.30.